The molecule has 0 unspecified atom stereocenters. The molecule has 0 bridgehead atoms. The van der Waals surface area contributed by atoms with Gasteiger partial charge in [-0.3, -0.25) is 0 Å². The SMILES string of the molecule is Cc1ccc(S(=O)(=O)N[C@H](CNCc2ccccc2)[C@H]2OC(C)(C)O[C@@H]2[C@H]2COC(C)(C)O2)cc1. The molecular formula is C26H36N2O6S. The fraction of sp³-hybridized carbons (Fsp3) is 0.538. The van der Waals surface area contributed by atoms with Crippen molar-refractivity contribution in [1.29, 1.82) is 0 Å². The van der Waals surface area contributed by atoms with E-state index in [2.05, 4.69) is 10.0 Å². The first kappa shape index (κ1) is 26.2. The van der Waals surface area contributed by atoms with E-state index < -0.39 is 46.0 Å². The van der Waals surface area contributed by atoms with E-state index in [1.165, 1.54) is 0 Å². The summed E-state index contributed by atoms with van der Waals surface area (Å²) in [4.78, 5) is 0.201. The Balaban J connectivity index is 1.58. The Hall–Kier alpha value is -1.85. The van der Waals surface area contributed by atoms with E-state index in [0.29, 0.717) is 19.7 Å². The Labute approximate surface area is 208 Å². The number of sulfonamides is 1. The van der Waals surface area contributed by atoms with Crippen molar-refractivity contribution in [1.82, 2.24) is 10.0 Å². The third kappa shape index (κ3) is 6.68. The van der Waals surface area contributed by atoms with Crippen LogP contribution in [0.15, 0.2) is 59.5 Å². The van der Waals surface area contributed by atoms with Crippen molar-refractivity contribution in [3.05, 3.63) is 65.7 Å². The Morgan fingerprint density at radius 2 is 1.63 bits per heavy atom. The summed E-state index contributed by atoms with van der Waals surface area (Å²) in [5.41, 5.74) is 2.09. The predicted molar refractivity (Wildman–Crippen MR) is 132 cm³/mol. The molecule has 0 radical (unpaired) electrons. The summed E-state index contributed by atoms with van der Waals surface area (Å²) in [6.07, 6.45) is -1.51. The highest BCUT2D eigenvalue weighted by Gasteiger charge is 2.52. The minimum absolute atomic E-state index is 0.201. The molecule has 35 heavy (non-hydrogen) atoms. The minimum atomic E-state index is -3.81. The molecule has 0 saturated carbocycles. The van der Waals surface area contributed by atoms with Crippen LogP contribution in [-0.2, 0) is 35.5 Å². The standard InChI is InChI=1S/C26H36N2O6S/c1-18-11-13-20(14-12-18)35(29,30)28-21(16-27-15-19-9-7-6-8-10-19)23-24(34-26(4,5)33-23)22-17-31-25(2,3)32-22/h6-14,21-24,27-28H,15-17H2,1-5H3/t21-,22-,23-,24-/m1/s1. The number of nitrogens with one attached hydrogen (secondary N) is 2. The lowest BCUT2D eigenvalue weighted by atomic mass is 10.0. The highest BCUT2D eigenvalue weighted by Crippen LogP contribution is 2.37. The first-order valence-corrected chi connectivity index (χ1v) is 13.4. The van der Waals surface area contributed by atoms with Crippen LogP contribution in [0.3, 0.4) is 0 Å². The van der Waals surface area contributed by atoms with Crippen molar-refractivity contribution in [2.24, 2.45) is 0 Å². The van der Waals surface area contributed by atoms with Crippen molar-refractivity contribution >= 4 is 10.0 Å². The summed E-state index contributed by atoms with van der Waals surface area (Å²) < 4.78 is 53.9. The third-order valence-corrected chi connectivity index (χ3v) is 7.64. The van der Waals surface area contributed by atoms with Gasteiger partial charge in [-0.15, -0.1) is 0 Å². The molecule has 4 atom stereocenters. The maximum Gasteiger partial charge on any atom is 0.240 e. The molecule has 0 aliphatic carbocycles. The molecule has 8 nitrogen and oxygen atoms in total. The molecule has 192 valence electrons. The van der Waals surface area contributed by atoms with Gasteiger partial charge in [0.05, 0.1) is 17.5 Å². The van der Waals surface area contributed by atoms with Crippen molar-refractivity contribution in [2.75, 3.05) is 13.2 Å². The van der Waals surface area contributed by atoms with E-state index in [0.717, 1.165) is 11.1 Å². The number of rotatable bonds is 9. The summed E-state index contributed by atoms with van der Waals surface area (Å²) >= 11 is 0. The molecule has 4 rings (SSSR count). The number of aryl methyl sites for hydroxylation is 1. The average Bonchev–Trinajstić information content (AvgIpc) is 3.32. The van der Waals surface area contributed by atoms with Gasteiger partial charge in [-0.1, -0.05) is 48.0 Å². The van der Waals surface area contributed by atoms with E-state index >= 15 is 0 Å². The van der Waals surface area contributed by atoms with Gasteiger partial charge in [-0.2, -0.15) is 0 Å². The third-order valence-electron chi connectivity index (χ3n) is 6.13. The Morgan fingerprint density at radius 1 is 0.943 bits per heavy atom. The Kier molecular flexibility index (Phi) is 7.68. The molecule has 0 aromatic heterocycles. The molecule has 0 spiro atoms. The topological polar surface area (TPSA) is 95.1 Å². The van der Waals surface area contributed by atoms with Crippen LogP contribution in [0.4, 0.5) is 0 Å². The van der Waals surface area contributed by atoms with Crippen LogP contribution in [0, 0.1) is 6.92 Å². The number of benzene rings is 2. The van der Waals surface area contributed by atoms with Crippen LogP contribution in [0.2, 0.25) is 0 Å². The molecule has 2 N–H and O–H groups in total. The second kappa shape index (κ2) is 10.3. The maximum atomic E-state index is 13.3. The normalized spacial score (nSPS) is 26.6. The van der Waals surface area contributed by atoms with Crippen LogP contribution in [-0.4, -0.2) is 57.5 Å². The molecule has 2 fully saturated rings. The summed E-state index contributed by atoms with van der Waals surface area (Å²) in [5, 5.41) is 3.38. The summed E-state index contributed by atoms with van der Waals surface area (Å²) in [6.45, 7) is 10.5. The van der Waals surface area contributed by atoms with Gasteiger partial charge in [0.15, 0.2) is 11.6 Å². The van der Waals surface area contributed by atoms with Crippen LogP contribution < -0.4 is 10.0 Å². The van der Waals surface area contributed by atoms with Gasteiger partial charge >= 0.3 is 0 Å². The monoisotopic (exact) mass is 504 g/mol. The van der Waals surface area contributed by atoms with Crippen molar-refractivity contribution < 1.29 is 27.4 Å². The van der Waals surface area contributed by atoms with E-state index in [4.69, 9.17) is 18.9 Å². The largest absolute Gasteiger partial charge is 0.348 e. The van der Waals surface area contributed by atoms with Gasteiger partial charge in [0.2, 0.25) is 10.0 Å². The summed E-state index contributed by atoms with van der Waals surface area (Å²) in [5.74, 6) is -1.65. The second-order valence-corrected chi connectivity index (χ2v) is 11.8. The molecule has 9 heteroatoms. The lowest BCUT2D eigenvalue weighted by Gasteiger charge is -2.30. The molecule has 2 aromatic carbocycles. The zero-order chi connectivity index (χ0) is 25.3. The molecule has 2 heterocycles. The van der Waals surface area contributed by atoms with Crippen molar-refractivity contribution in [3.63, 3.8) is 0 Å². The second-order valence-electron chi connectivity index (χ2n) is 10.1. The number of hydrogen-bond donors (Lipinski definition) is 2. The van der Waals surface area contributed by atoms with Gasteiger partial charge in [-0.25, -0.2) is 13.1 Å². The van der Waals surface area contributed by atoms with Crippen LogP contribution in [0.25, 0.3) is 0 Å². The zero-order valence-corrected chi connectivity index (χ0v) is 21.8. The van der Waals surface area contributed by atoms with Crippen molar-refractivity contribution in [3.8, 4) is 0 Å². The van der Waals surface area contributed by atoms with Crippen LogP contribution >= 0.6 is 0 Å². The summed E-state index contributed by atoms with van der Waals surface area (Å²) in [6, 6.07) is 16.1. The lowest BCUT2D eigenvalue weighted by molar-refractivity contribution is -0.174. The molecule has 2 aromatic rings. The fourth-order valence-electron chi connectivity index (χ4n) is 4.47. The average molecular weight is 505 g/mol. The van der Waals surface area contributed by atoms with E-state index in [-0.39, 0.29) is 4.90 Å². The van der Waals surface area contributed by atoms with Crippen LogP contribution in [0.5, 0.6) is 0 Å². The highest BCUT2D eigenvalue weighted by atomic mass is 32.2. The van der Waals surface area contributed by atoms with E-state index in [1.54, 1.807) is 24.3 Å². The summed E-state index contributed by atoms with van der Waals surface area (Å²) in [7, 11) is -3.81. The molecule has 2 aliphatic heterocycles. The first-order chi connectivity index (χ1) is 16.4. The molecule has 2 saturated heterocycles. The van der Waals surface area contributed by atoms with Gasteiger partial charge in [0.25, 0.3) is 0 Å². The molecule has 2 aliphatic rings. The molecule has 0 amide bonds. The molecular weight excluding hydrogens is 468 g/mol. The smallest absolute Gasteiger partial charge is 0.240 e. The number of hydrogen-bond acceptors (Lipinski definition) is 7. The Morgan fingerprint density at radius 3 is 2.26 bits per heavy atom. The Bertz CT molecular complexity index is 1090. The zero-order valence-electron chi connectivity index (χ0n) is 21.0. The lowest BCUT2D eigenvalue weighted by Crippen LogP contribution is -2.55. The minimum Gasteiger partial charge on any atom is -0.348 e. The fourth-order valence-corrected chi connectivity index (χ4v) is 5.72. The van der Waals surface area contributed by atoms with Gasteiger partial charge in [0, 0.05) is 13.1 Å². The number of ether oxygens (including phenoxy) is 4. The van der Waals surface area contributed by atoms with E-state index in [1.807, 2.05) is 65.0 Å². The van der Waals surface area contributed by atoms with Crippen LogP contribution in [0.1, 0.15) is 38.8 Å². The quantitative estimate of drug-likeness (QED) is 0.542. The predicted octanol–water partition coefficient (Wildman–Crippen LogP) is 3.10. The van der Waals surface area contributed by atoms with E-state index in [9.17, 15) is 8.42 Å². The first-order valence-electron chi connectivity index (χ1n) is 12.0. The highest BCUT2D eigenvalue weighted by molar-refractivity contribution is 7.89. The van der Waals surface area contributed by atoms with Gasteiger partial charge in [0.1, 0.15) is 18.3 Å². The maximum absolute atomic E-state index is 13.3. The van der Waals surface area contributed by atoms with Gasteiger partial charge in [-0.05, 0) is 52.3 Å². The van der Waals surface area contributed by atoms with Gasteiger partial charge < -0.3 is 24.3 Å². The van der Waals surface area contributed by atoms with Crippen molar-refractivity contribution in [2.45, 2.75) is 82.0 Å².